The minimum atomic E-state index is -3.78. The van der Waals surface area contributed by atoms with E-state index in [4.69, 9.17) is 9.88 Å². The molecule has 0 aliphatic heterocycles. The molecule has 1 amide bonds. The summed E-state index contributed by atoms with van der Waals surface area (Å²) in [5.74, 6) is -1.15. The van der Waals surface area contributed by atoms with E-state index < -0.39 is 28.0 Å². The van der Waals surface area contributed by atoms with Crippen LogP contribution in [0.3, 0.4) is 0 Å². The lowest BCUT2D eigenvalue weighted by Crippen LogP contribution is -2.29. The van der Waals surface area contributed by atoms with Gasteiger partial charge >= 0.3 is 5.97 Å². The van der Waals surface area contributed by atoms with E-state index in [0.717, 1.165) is 0 Å². The second-order valence-corrected chi connectivity index (χ2v) is 5.70. The lowest BCUT2D eigenvalue weighted by molar-refractivity contribution is -0.148. The van der Waals surface area contributed by atoms with Gasteiger partial charge in [0.15, 0.2) is 6.10 Å². The van der Waals surface area contributed by atoms with Crippen molar-refractivity contribution in [3.63, 3.8) is 0 Å². The average molecular weight is 312 g/mol. The Labute approximate surface area is 122 Å². The van der Waals surface area contributed by atoms with Crippen molar-refractivity contribution in [2.75, 3.05) is 5.32 Å². The van der Waals surface area contributed by atoms with Crippen LogP contribution in [-0.4, -0.2) is 26.4 Å². The summed E-state index contributed by atoms with van der Waals surface area (Å²) in [4.78, 5) is 22.9. The topological polar surface area (TPSA) is 116 Å². The van der Waals surface area contributed by atoms with E-state index in [0.29, 0.717) is 5.69 Å². The zero-order valence-electron chi connectivity index (χ0n) is 11.6. The van der Waals surface area contributed by atoms with Crippen LogP contribution in [0.2, 0.25) is 0 Å². The lowest BCUT2D eigenvalue weighted by atomic mass is 10.3. The van der Waals surface area contributed by atoms with Crippen LogP contribution in [0.15, 0.2) is 41.3 Å². The Kier molecular flexibility index (Phi) is 5.62. The zero-order chi connectivity index (χ0) is 16.0. The van der Waals surface area contributed by atoms with Gasteiger partial charge in [-0.2, -0.15) is 0 Å². The van der Waals surface area contributed by atoms with Crippen LogP contribution in [0, 0.1) is 0 Å². The van der Waals surface area contributed by atoms with Crippen molar-refractivity contribution in [3.8, 4) is 0 Å². The number of nitrogens with one attached hydrogen (secondary N) is 1. The molecule has 1 aromatic carbocycles. The van der Waals surface area contributed by atoms with Gasteiger partial charge < -0.3 is 10.1 Å². The van der Waals surface area contributed by atoms with Crippen LogP contribution in [0.1, 0.15) is 13.8 Å². The molecule has 0 aromatic heterocycles. The van der Waals surface area contributed by atoms with E-state index in [1.165, 1.54) is 43.3 Å². The van der Waals surface area contributed by atoms with E-state index in [1.807, 2.05) is 0 Å². The van der Waals surface area contributed by atoms with Crippen LogP contribution >= 0.6 is 0 Å². The molecule has 1 atom stereocenters. The molecule has 0 aliphatic carbocycles. The lowest BCUT2D eigenvalue weighted by Gasteiger charge is -2.12. The molecule has 0 fully saturated rings. The van der Waals surface area contributed by atoms with Gasteiger partial charge in [0.2, 0.25) is 10.0 Å². The molecule has 1 rings (SSSR count). The van der Waals surface area contributed by atoms with Gasteiger partial charge in [-0.05, 0) is 38.1 Å². The number of esters is 1. The third-order valence-electron chi connectivity index (χ3n) is 2.42. The number of rotatable bonds is 5. The van der Waals surface area contributed by atoms with Crippen molar-refractivity contribution in [2.24, 2.45) is 5.14 Å². The van der Waals surface area contributed by atoms with E-state index in [9.17, 15) is 18.0 Å². The highest BCUT2D eigenvalue weighted by atomic mass is 32.2. The predicted octanol–water partition coefficient (Wildman–Crippen LogP) is 0.780. The van der Waals surface area contributed by atoms with Crippen LogP contribution in [0.5, 0.6) is 0 Å². The van der Waals surface area contributed by atoms with E-state index >= 15 is 0 Å². The van der Waals surface area contributed by atoms with Gasteiger partial charge in [-0.3, -0.25) is 4.79 Å². The number of amides is 1. The molecule has 0 heterocycles. The number of anilines is 1. The zero-order valence-corrected chi connectivity index (χ0v) is 12.4. The Bertz CT molecular complexity index is 650. The Morgan fingerprint density at radius 2 is 1.86 bits per heavy atom. The monoisotopic (exact) mass is 312 g/mol. The van der Waals surface area contributed by atoms with Crippen molar-refractivity contribution in [1.29, 1.82) is 0 Å². The maximum Gasteiger partial charge on any atom is 0.331 e. The van der Waals surface area contributed by atoms with Gasteiger partial charge in [-0.15, -0.1) is 0 Å². The number of nitrogens with two attached hydrogens (primary N) is 1. The Balaban J connectivity index is 2.68. The quantitative estimate of drug-likeness (QED) is 0.615. The molecule has 3 N–H and O–H groups in total. The standard InChI is InChI=1S/C13H16N2O5S/c1-3-4-12(16)20-9(2)13(17)15-10-5-7-11(8-6-10)21(14,18)19/h3-9H,1-2H3,(H,15,17)(H2,14,18,19)/b4-3+/t9-/m1/s1. The van der Waals surface area contributed by atoms with Crippen molar-refractivity contribution < 1.29 is 22.7 Å². The van der Waals surface area contributed by atoms with Crippen molar-refractivity contribution in [2.45, 2.75) is 24.8 Å². The molecule has 0 bridgehead atoms. The summed E-state index contributed by atoms with van der Waals surface area (Å²) in [5, 5.41) is 7.45. The van der Waals surface area contributed by atoms with Gasteiger partial charge in [0, 0.05) is 11.8 Å². The summed E-state index contributed by atoms with van der Waals surface area (Å²) in [6.07, 6.45) is 1.72. The molecule has 0 spiro atoms. The number of hydrogen-bond donors (Lipinski definition) is 2. The molecule has 0 unspecified atom stereocenters. The summed E-state index contributed by atoms with van der Waals surface area (Å²) < 4.78 is 27.0. The van der Waals surface area contributed by atoms with Crippen LogP contribution in [0.25, 0.3) is 0 Å². The predicted molar refractivity (Wildman–Crippen MR) is 76.8 cm³/mol. The van der Waals surface area contributed by atoms with Gasteiger partial charge in [-0.1, -0.05) is 6.08 Å². The van der Waals surface area contributed by atoms with Crippen LogP contribution in [-0.2, 0) is 24.3 Å². The smallest absolute Gasteiger partial charge is 0.331 e. The van der Waals surface area contributed by atoms with Gasteiger partial charge in [0.1, 0.15) is 0 Å². The molecule has 8 heteroatoms. The van der Waals surface area contributed by atoms with Gasteiger partial charge in [0.25, 0.3) is 5.91 Å². The molecular formula is C13H16N2O5S. The molecule has 0 saturated carbocycles. The summed E-state index contributed by atoms with van der Waals surface area (Å²) in [7, 11) is -3.78. The number of carbonyl (C=O) groups excluding carboxylic acids is 2. The van der Waals surface area contributed by atoms with E-state index in [2.05, 4.69) is 5.32 Å². The molecule has 1 aromatic rings. The highest BCUT2D eigenvalue weighted by molar-refractivity contribution is 7.89. The Hall–Kier alpha value is -2.19. The molecule has 21 heavy (non-hydrogen) atoms. The number of allylic oxidation sites excluding steroid dienone is 1. The first-order valence-corrected chi connectivity index (χ1v) is 7.55. The first-order valence-electron chi connectivity index (χ1n) is 6.01. The Morgan fingerprint density at radius 3 is 2.33 bits per heavy atom. The Morgan fingerprint density at radius 1 is 1.29 bits per heavy atom. The van der Waals surface area contributed by atoms with Gasteiger partial charge in [0.05, 0.1) is 4.90 Å². The van der Waals surface area contributed by atoms with E-state index in [1.54, 1.807) is 6.92 Å². The maximum atomic E-state index is 11.8. The second-order valence-electron chi connectivity index (χ2n) is 4.14. The fourth-order valence-electron chi connectivity index (χ4n) is 1.37. The number of primary sulfonamides is 1. The van der Waals surface area contributed by atoms with Crippen LogP contribution < -0.4 is 10.5 Å². The molecule has 7 nitrogen and oxygen atoms in total. The molecule has 0 aliphatic rings. The highest BCUT2D eigenvalue weighted by Gasteiger charge is 2.16. The summed E-state index contributed by atoms with van der Waals surface area (Å²) in [5.41, 5.74) is 0.362. The number of carbonyl (C=O) groups is 2. The third-order valence-corrected chi connectivity index (χ3v) is 3.34. The van der Waals surface area contributed by atoms with Crippen molar-refractivity contribution in [3.05, 3.63) is 36.4 Å². The normalized spacial score (nSPS) is 12.9. The maximum absolute atomic E-state index is 11.8. The highest BCUT2D eigenvalue weighted by Crippen LogP contribution is 2.13. The first-order chi connectivity index (χ1) is 9.74. The summed E-state index contributed by atoms with van der Waals surface area (Å²) in [6.45, 7) is 3.08. The van der Waals surface area contributed by atoms with Crippen molar-refractivity contribution in [1.82, 2.24) is 0 Å². The molecule has 114 valence electrons. The number of benzene rings is 1. The van der Waals surface area contributed by atoms with Crippen molar-refractivity contribution >= 4 is 27.6 Å². The van der Waals surface area contributed by atoms with Crippen LogP contribution in [0.4, 0.5) is 5.69 Å². The molecule has 0 radical (unpaired) electrons. The first kappa shape index (κ1) is 16.9. The average Bonchev–Trinajstić information content (AvgIpc) is 2.38. The SMILES string of the molecule is C/C=C/C(=O)O[C@H](C)C(=O)Nc1ccc(S(N)(=O)=O)cc1. The summed E-state index contributed by atoms with van der Waals surface area (Å²) in [6, 6.07) is 5.30. The second kappa shape index (κ2) is 7.00. The number of hydrogen-bond acceptors (Lipinski definition) is 5. The minimum absolute atomic E-state index is 0.0620. The number of sulfonamides is 1. The largest absolute Gasteiger partial charge is 0.449 e. The number of ether oxygens (including phenoxy) is 1. The minimum Gasteiger partial charge on any atom is -0.449 e. The third kappa shape index (κ3) is 5.36. The van der Waals surface area contributed by atoms with Gasteiger partial charge in [-0.25, -0.2) is 18.4 Å². The van der Waals surface area contributed by atoms with E-state index in [-0.39, 0.29) is 4.90 Å². The summed E-state index contributed by atoms with van der Waals surface area (Å²) >= 11 is 0. The molecule has 0 saturated heterocycles. The fourth-order valence-corrected chi connectivity index (χ4v) is 1.89. The fraction of sp³-hybridized carbons (Fsp3) is 0.231. The molecular weight excluding hydrogens is 296 g/mol.